The van der Waals surface area contributed by atoms with Crippen LogP contribution in [0, 0.1) is 13.8 Å². The van der Waals surface area contributed by atoms with Crippen molar-refractivity contribution in [2.45, 2.75) is 26.8 Å². The van der Waals surface area contributed by atoms with E-state index in [-0.39, 0.29) is 5.91 Å². The summed E-state index contributed by atoms with van der Waals surface area (Å²) >= 11 is 0. The second-order valence-corrected chi connectivity index (χ2v) is 5.28. The third-order valence-electron chi connectivity index (χ3n) is 3.64. The number of nitrogens with zero attached hydrogens (tertiary/aromatic N) is 1. The number of pyridine rings is 1. The van der Waals surface area contributed by atoms with E-state index in [9.17, 15) is 4.79 Å². The Kier molecular flexibility index (Phi) is 5.97. The number of rotatable bonds is 7. The van der Waals surface area contributed by atoms with Crippen LogP contribution in [0.4, 0.5) is 0 Å². The summed E-state index contributed by atoms with van der Waals surface area (Å²) in [6.45, 7) is 4.86. The maximum absolute atomic E-state index is 11.9. The molecule has 0 fully saturated rings. The Balaban J connectivity index is 1.76. The highest BCUT2D eigenvalue weighted by molar-refractivity contribution is 5.76. The maximum Gasteiger partial charge on any atom is 0.223 e. The molecule has 0 unspecified atom stereocenters. The van der Waals surface area contributed by atoms with E-state index in [1.807, 2.05) is 38.1 Å². The number of benzene rings is 1. The first kappa shape index (κ1) is 16.8. The number of amides is 1. The lowest BCUT2D eigenvalue weighted by Gasteiger charge is -2.11. The van der Waals surface area contributed by atoms with Crippen molar-refractivity contribution in [2.24, 2.45) is 0 Å². The van der Waals surface area contributed by atoms with Crippen LogP contribution in [0.2, 0.25) is 0 Å². The molecule has 2 rings (SSSR count). The fourth-order valence-corrected chi connectivity index (χ4v) is 2.10. The highest BCUT2D eigenvalue weighted by Gasteiger charge is 2.05. The van der Waals surface area contributed by atoms with Gasteiger partial charge in [-0.15, -0.1) is 0 Å². The number of hydrogen-bond acceptors (Lipinski definition) is 4. The Morgan fingerprint density at radius 2 is 2.09 bits per heavy atom. The average Bonchev–Trinajstić information content (AvgIpc) is 2.57. The van der Waals surface area contributed by atoms with E-state index in [0.29, 0.717) is 25.5 Å². The van der Waals surface area contributed by atoms with Gasteiger partial charge in [-0.1, -0.05) is 12.1 Å². The van der Waals surface area contributed by atoms with Gasteiger partial charge in [0.05, 0.1) is 20.1 Å². The van der Waals surface area contributed by atoms with E-state index < -0.39 is 0 Å². The number of carbonyl (C=O) groups is 1. The van der Waals surface area contributed by atoms with Crippen LogP contribution >= 0.6 is 0 Å². The van der Waals surface area contributed by atoms with Crippen molar-refractivity contribution in [3.63, 3.8) is 0 Å². The standard InChI is InChI=1S/C18H22N2O3/c1-13-5-4-6-16(14(13)2)23-10-8-17(21)20-12-15-7-9-19-18(11-15)22-3/h4-7,9,11H,8,10,12H2,1-3H3,(H,20,21). The zero-order valence-corrected chi connectivity index (χ0v) is 13.8. The van der Waals surface area contributed by atoms with Gasteiger partial charge in [-0.25, -0.2) is 4.98 Å². The van der Waals surface area contributed by atoms with E-state index in [1.165, 1.54) is 5.56 Å². The second kappa shape index (κ2) is 8.17. The van der Waals surface area contributed by atoms with Gasteiger partial charge in [0.1, 0.15) is 5.75 Å². The van der Waals surface area contributed by atoms with Crippen LogP contribution in [0.1, 0.15) is 23.1 Å². The first-order valence-electron chi connectivity index (χ1n) is 7.55. The molecule has 1 heterocycles. The number of aromatic nitrogens is 1. The fraction of sp³-hybridized carbons (Fsp3) is 0.333. The molecule has 1 aromatic heterocycles. The van der Waals surface area contributed by atoms with Gasteiger partial charge in [-0.2, -0.15) is 0 Å². The van der Waals surface area contributed by atoms with Gasteiger partial charge in [0.2, 0.25) is 11.8 Å². The lowest BCUT2D eigenvalue weighted by Crippen LogP contribution is -2.24. The number of nitrogens with one attached hydrogen (secondary N) is 1. The van der Waals surface area contributed by atoms with Crippen molar-refractivity contribution in [1.29, 1.82) is 0 Å². The second-order valence-electron chi connectivity index (χ2n) is 5.28. The lowest BCUT2D eigenvalue weighted by atomic mass is 10.1. The van der Waals surface area contributed by atoms with Crippen LogP contribution in [-0.2, 0) is 11.3 Å². The molecule has 0 aliphatic heterocycles. The third-order valence-corrected chi connectivity index (χ3v) is 3.64. The zero-order chi connectivity index (χ0) is 16.7. The SMILES string of the molecule is COc1cc(CNC(=O)CCOc2cccc(C)c2C)ccn1. The molecule has 0 atom stereocenters. The largest absolute Gasteiger partial charge is 0.493 e. The van der Waals surface area contributed by atoms with Crippen LogP contribution < -0.4 is 14.8 Å². The lowest BCUT2D eigenvalue weighted by molar-refractivity contribution is -0.121. The first-order valence-corrected chi connectivity index (χ1v) is 7.55. The summed E-state index contributed by atoms with van der Waals surface area (Å²) in [6, 6.07) is 9.55. The van der Waals surface area contributed by atoms with E-state index >= 15 is 0 Å². The molecule has 2 aromatic rings. The molecule has 1 N–H and O–H groups in total. The van der Waals surface area contributed by atoms with Crippen LogP contribution in [0.15, 0.2) is 36.5 Å². The summed E-state index contributed by atoms with van der Waals surface area (Å²) in [4.78, 5) is 15.9. The van der Waals surface area contributed by atoms with Gasteiger partial charge in [0, 0.05) is 18.8 Å². The number of ether oxygens (including phenoxy) is 2. The Morgan fingerprint density at radius 3 is 2.87 bits per heavy atom. The predicted molar refractivity (Wildman–Crippen MR) is 88.7 cm³/mol. The molecule has 5 nitrogen and oxygen atoms in total. The quantitative estimate of drug-likeness (QED) is 0.853. The van der Waals surface area contributed by atoms with E-state index in [2.05, 4.69) is 10.3 Å². The number of hydrogen-bond donors (Lipinski definition) is 1. The van der Waals surface area contributed by atoms with E-state index in [0.717, 1.165) is 16.9 Å². The molecule has 1 amide bonds. The smallest absolute Gasteiger partial charge is 0.223 e. The summed E-state index contributed by atoms with van der Waals surface area (Å²) in [5.74, 6) is 1.32. The molecular weight excluding hydrogens is 292 g/mol. The monoisotopic (exact) mass is 314 g/mol. The summed E-state index contributed by atoms with van der Waals surface area (Å²) in [5, 5.41) is 2.86. The van der Waals surface area contributed by atoms with Crippen LogP contribution in [0.25, 0.3) is 0 Å². The minimum absolute atomic E-state index is 0.0499. The molecule has 0 spiro atoms. The molecule has 23 heavy (non-hydrogen) atoms. The minimum atomic E-state index is -0.0499. The Morgan fingerprint density at radius 1 is 1.26 bits per heavy atom. The normalized spacial score (nSPS) is 10.2. The number of carbonyl (C=O) groups excluding carboxylic acids is 1. The minimum Gasteiger partial charge on any atom is -0.493 e. The Hall–Kier alpha value is -2.56. The van der Waals surface area contributed by atoms with Gasteiger partial charge in [0.25, 0.3) is 0 Å². The molecule has 5 heteroatoms. The van der Waals surface area contributed by atoms with Crippen LogP contribution in [0.3, 0.4) is 0 Å². The highest BCUT2D eigenvalue weighted by Crippen LogP contribution is 2.20. The van der Waals surface area contributed by atoms with Gasteiger partial charge in [-0.05, 0) is 42.7 Å². The van der Waals surface area contributed by atoms with Crippen molar-refractivity contribution in [1.82, 2.24) is 10.3 Å². The summed E-state index contributed by atoms with van der Waals surface area (Å²) in [5.41, 5.74) is 3.23. The summed E-state index contributed by atoms with van der Waals surface area (Å²) in [7, 11) is 1.56. The van der Waals surface area contributed by atoms with Gasteiger partial charge >= 0.3 is 0 Å². The molecule has 0 saturated carbocycles. The van der Waals surface area contributed by atoms with Crippen LogP contribution in [-0.4, -0.2) is 24.6 Å². The van der Waals surface area contributed by atoms with E-state index in [4.69, 9.17) is 9.47 Å². The summed E-state index contributed by atoms with van der Waals surface area (Å²) in [6.07, 6.45) is 1.97. The Labute approximate surface area is 136 Å². The maximum atomic E-state index is 11.9. The molecule has 1 aromatic carbocycles. The first-order chi connectivity index (χ1) is 11.1. The van der Waals surface area contributed by atoms with Gasteiger partial charge < -0.3 is 14.8 Å². The molecular formula is C18H22N2O3. The zero-order valence-electron chi connectivity index (χ0n) is 13.8. The fourth-order valence-electron chi connectivity index (χ4n) is 2.10. The van der Waals surface area contributed by atoms with Gasteiger partial charge in [0.15, 0.2) is 0 Å². The average molecular weight is 314 g/mol. The third kappa shape index (κ3) is 4.98. The molecule has 0 aliphatic rings. The molecule has 0 radical (unpaired) electrons. The van der Waals surface area contributed by atoms with Crippen molar-refractivity contribution in [3.8, 4) is 11.6 Å². The summed E-state index contributed by atoms with van der Waals surface area (Å²) < 4.78 is 10.7. The molecule has 0 saturated heterocycles. The number of aryl methyl sites for hydroxylation is 1. The number of methoxy groups -OCH3 is 1. The highest BCUT2D eigenvalue weighted by atomic mass is 16.5. The topological polar surface area (TPSA) is 60.5 Å². The van der Waals surface area contributed by atoms with Crippen LogP contribution in [0.5, 0.6) is 11.6 Å². The van der Waals surface area contributed by atoms with E-state index in [1.54, 1.807) is 19.4 Å². The van der Waals surface area contributed by atoms with Crippen molar-refractivity contribution < 1.29 is 14.3 Å². The van der Waals surface area contributed by atoms with Crippen molar-refractivity contribution in [3.05, 3.63) is 53.2 Å². The predicted octanol–water partition coefficient (Wildman–Crippen LogP) is 2.79. The van der Waals surface area contributed by atoms with Gasteiger partial charge in [-0.3, -0.25) is 4.79 Å². The van der Waals surface area contributed by atoms with Crippen molar-refractivity contribution in [2.75, 3.05) is 13.7 Å². The molecule has 0 bridgehead atoms. The molecule has 122 valence electrons. The Bertz CT molecular complexity index is 671. The van der Waals surface area contributed by atoms with Crippen molar-refractivity contribution >= 4 is 5.91 Å². The molecule has 0 aliphatic carbocycles.